The number of aliphatic hydroxyl groups excluding tert-OH is 6. The van der Waals surface area contributed by atoms with E-state index in [0.717, 1.165) is 12.1 Å². The SMILES string of the molecule is CC(CCc1cc(F)c(F)c(F)c1)C(Cc1cc(F)c(F)c(F)c1)C(O)[C@@H](O)[C@@H](O)[C@H](O)[C@@H](O)CO. The van der Waals surface area contributed by atoms with Crippen LogP contribution in [0.1, 0.15) is 24.5 Å². The average molecular weight is 526 g/mol. The summed E-state index contributed by atoms with van der Waals surface area (Å²) in [6.07, 6.45) is -10.5. The molecule has 0 amide bonds. The van der Waals surface area contributed by atoms with Crippen molar-refractivity contribution in [3.63, 3.8) is 0 Å². The first-order valence-electron chi connectivity index (χ1n) is 11.1. The van der Waals surface area contributed by atoms with Crippen molar-refractivity contribution in [3.8, 4) is 0 Å². The normalized spacial score (nSPS) is 17.8. The van der Waals surface area contributed by atoms with Gasteiger partial charge in [0.25, 0.3) is 0 Å². The Bertz CT molecular complexity index is 979. The summed E-state index contributed by atoms with van der Waals surface area (Å²) in [6, 6.07) is 2.88. The lowest BCUT2D eigenvalue weighted by Gasteiger charge is -2.35. The first-order chi connectivity index (χ1) is 16.8. The summed E-state index contributed by atoms with van der Waals surface area (Å²) in [5.41, 5.74) is -0.0637. The molecular weight excluding hydrogens is 498 g/mol. The van der Waals surface area contributed by atoms with E-state index in [4.69, 9.17) is 5.11 Å². The molecule has 12 heteroatoms. The maximum absolute atomic E-state index is 13.7. The van der Waals surface area contributed by atoms with Crippen molar-refractivity contribution in [1.29, 1.82) is 0 Å². The van der Waals surface area contributed by atoms with E-state index < -0.39 is 83.9 Å². The van der Waals surface area contributed by atoms with E-state index in [1.54, 1.807) is 0 Å². The van der Waals surface area contributed by atoms with Crippen molar-refractivity contribution in [2.75, 3.05) is 6.61 Å². The van der Waals surface area contributed by atoms with E-state index in [2.05, 4.69) is 0 Å². The van der Waals surface area contributed by atoms with Crippen LogP contribution in [-0.2, 0) is 12.8 Å². The lowest BCUT2D eigenvalue weighted by molar-refractivity contribution is -0.152. The zero-order valence-corrected chi connectivity index (χ0v) is 19.1. The van der Waals surface area contributed by atoms with Crippen LogP contribution in [0.2, 0.25) is 0 Å². The predicted octanol–water partition coefficient (Wildman–Crippen LogP) is 1.75. The van der Waals surface area contributed by atoms with Crippen LogP contribution in [0, 0.1) is 46.7 Å². The fourth-order valence-electron chi connectivity index (χ4n) is 4.01. The van der Waals surface area contributed by atoms with E-state index >= 15 is 0 Å². The molecule has 2 rings (SSSR count). The molecular formula is C24H28F6O6. The van der Waals surface area contributed by atoms with Crippen molar-refractivity contribution in [2.24, 2.45) is 11.8 Å². The van der Waals surface area contributed by atoms with Gasteiger partial charge in [0, 0.05) is 0 Å². The monoisotopic (exact) mass is 526 g/mol. The summed E-state index contributed by atoms with van der Waals surface area (Å²) in [6.45, 7) is 0.540. The minimum atomic E-state index is -2.15. The third-order valence-electron chi connectivity index (χ3n) is 6.25. The number of hydrogen-bond donors (Lipinski definition) is 6. The number of rotatable bonds is 12. The highest BCUT2D eigenvalue weighted by atomic mass is 19.2. The van der Waals surface area contributed by atoms with Crippen LogP contribution in [0.25, 0.3) is 0 Å². The molecule has 202 valence electrons. The van der Waals surface area contributed by atoms with Crippen LogP contribution in [0.4, 0.5) is 26.3 Å². The van der Waals surface area contributed by atoms with Gasteiger partial charge >= 0.3 is 0 Å². The molecule has 6 nitrogen and oxygen atoms in total. The number of hydrogen-bond acceptors (Lipinski definition) is 6. The average Bonchev–Trinajstić information content (AvgIpc) is 2.84. The Hall–Kier alpha value is -2.22. The summed E-state index contributed by atoms with van der Waals surface area (Å²) in [7, 11) is 0. The van der Waals surface area contributed by atoms with Crippen LogP contribution < -0.4 is 0 Å². The molecule has 0 spiro atoms. The topological polar surface area (TPSA) is 121 Å². The molecule has 0 saturated heterocycles. The summed E-state index contributed by atoms with van der Waals surface area (Å²) in [4.78, 5) is 0. The Morgan fingerprint density at radius 1 is 0.639 bits per heavy atom. The highest BCUT2D eigenvalue weighted by molar-refractivity contribution is 5.21. The molecule has 0 radical (unpaired) electrons. The van der Waals surface area contributed by atoms with Crippen molar-refractivity contribution in [2.45, 2.75) is 56.7 Å². The zero-order chi connectivity index (χ0) is 27.3. The molecule has 3 unspecified atom stereocenters. The molecule has 0 aliphatic rings. The van der Waals surface area contributed by atoms with Crippen LogP contribution >= 0.6 is 0 Å². The first-order valence-corrected chi connectivity index (χ1v) is 11.1. The quantitative estimate of drug-likeness (QED) is 0.185. The zero-order valence-electron chi connectivity index (χ0n) is 19.1. The van der Waals surface area contributed by atoms with Crippen LogP contribution in [0.5, 0.6) is 0 Å². The maximum atomic E-state index is 13.7. The molecule has 2 aromatic carbocycles. The van der Waals surface area contributed by atoms with Gasteiger partial charge in [-0.3, -0.25) is 0 Å². The minimum Gasteiger partial charge on any atom is -0.394 e. The number of benzene rings is 2. The van der Waals surface area contributed by atoms with E-state index in [9.17, 15) is 51.9 Å². The standard InChI is InChI=1S/C24H28F6O6/c1-10(2-3-11-5-14(25)19(29)15(26)6-11)13(4-12-7-16(27)20(30)17(28)8-12)21(33)23(35)24(36)22(34)18(32)9-31/h5-8,10,13,18,21-24,31-36H,2-4,9H2,1H3/t10?,13?,18-,21?,22+,23+,24-/m0/s1. The highest BCUT2D eigenvalue weighted by Crippen LogP contribution is 2.30. The molecule has 0 fully saturated rings. The van der Waals surface area contributed by atoms with Gasteiger partial charge in [-0.05, 0) is 66.5 Å². The third kappa shape index (κ3) is 7.17. The van der Waals surface area contributed by atoms with Gasteiger partial charge in [-0.25, -0.2) is 26.3 Å². The van der Waals surface area contributed by atoms with Crippen LogP contribution in [0.15, 0.2) is 24.3 Å². The lowest BCUT2D eigenvalue weighted by atomic mass is 9.77. The third-order valence-corrected chi connectivity index (χ3v) is 6.25. The van der Waals surface area contributed by atoms with Crippen molar-refractivity contribution >= 4 is 0 Å². The van der Waals surface area contributed by atoms with E-state index in [1.807, 2.05) is 0 Å². The molecule has 0 saturated carbocycles. The smallest absolute Gasteiger partial charge is 0.194 e. The number of aryl methyl sites for hydroxylation is 1. The molecule has 0 heterocycles. The summed E-state index contributed by atoms with van der Waals surface area (Å²) < 4.78 is 81.1. The minimum absolute atomic E-state index is 0.0447. The van der Waals surface area contributed by atoms with Crippen molar-refractivity contribution < 1.29 is 57.0 Å². The van der Waals surface area contributed by atoms with Gasteiger partial charge in [0.1, 0.15) is 24.4 Å². The first kappa shape index (κ1) is 30.0. The number of halogens is 6. The van der Waals surface area contributed by atoms with Gasteiger partial charge in [-0.2, -0.15) is 0 Å². The number of aliphatic hydroxyl groups is 6. The lowest BCUT2D eigenvalue weighted by Crippen LogP contribution is -2.52. The Morgan fingerprint density at radius 3 is 1.50 bits per heavy atom. The van der Waals surface area contributed by atoms with E-state index in [1.165, 1.54) is 6.92 Å². The molecule has 6 N–H and O–H groups in total. The fourth-order valence-corrected chi connectivity index (χ4v) is 4.01. The molecule has 0 bridgehead atoms. The predicted molar refractivity (Wildman–Crippen MR) is 114 cm³/mol. The van der Waals surface area contributed by atoms with Gasteiger partial charge in [0.05, 0.1) is 12.7 Å². The van der Waals surface area contributed by atoms with Crippen LogP contribution in [-0.4, -0.2) is 67.8 Å². The largest absolute Gasteiger partial charge is 0.394 e. The summed E-state index contributed by atoms with van der Waals surface area (Å²) in [5, 5.41) is 59.7. The molecule has 36 heavy (non-hydrogen) atoms. The summed E-state index contributed by atoms with van der Waals surface area (Å²) >= 11 is 0. The second-order valence-electron chi connectivity index (χ2n) is 8.84. The Morgan fingerprint density at radius 2 is 1.06 bits per heavy atom. The van der Waals surface area contributed by atoms with Gasteiger partial charge < -0.3 is 30.6 Å². The van der Waals surface area contributed by atoms with Gasteiger partial charge in [0.15, 0.2) is 34.9 Å². The summed E-state index contributed by atoms with van der Waals surface area (Å²) in [5.74, 6) is -11.1. The molecule has 7 atom stereocenters. The van der Waals surface area contributed by atoms with E-state index in [0.29, 0.717) is 12.1 Å². The van der Waals surface area contributed by atoms with Crippen molar-refractivity contribution in [3.05, 3.63) is 70.3 Å². The molecule has 0 aliphatic carbocycles. The Labute approximate surface area is 203 Å². The molecule has 0 aromatic heterocycles. The maximum Gasteiger partial charge on any atom is 0.194 e. The molecule has 0 aliphatic heterocycles. The van der Waals surface area contributed by atoms with Gasteiger partial charge in [0.2, 0.25) is 0 Å². The molecule has 2 aromatic rings. The Kier molecular flexibility index (Phi) is 10.7. The van der Waals surface area contributed by atoms with Crippen LogP contribution in [0.3, 0.4) is 0 Å². The second-order valence-corrected chi connectivity index (χ2v) is 8.84. The Balaban J connectivity index is 2.31. The van der Waals surface area contributed by atoms with Gasteiger partial charge in [-0.1, -0.05) is 6.92 Å². The van der Waals surface area contributed by atoms with Crippen molar-refractivity contribution in [1.82, 2.24) is 0 Å². The van der Waals surface area contributed by atoms with Gasteiger partial charge in [-0.15, -0.1) is 0 Å². The highest BCUT2D eigenvalue weighted by Gasteiger charge is 2.39. The van der Waals surface area contributed by atoms with E-state index in [-0.39, 0.29) is 30.4 Å². The fraction of sp³-hybridized carbons (Fsp3) is 0.500. The second kappa shape index (κ2) is 12.8.